The minimum atomic E-state index is -0.223. The first-order valence-electron chi connectivity index (χ1n) is 11.5. The minimum absolute atomic E-state index is 0.149. The van der Waals surface area contributed by atoms with Gasteiger partial charge in [0.25, 0.3) is 5.91 Å². The van der Waals surface area contributed by atoms with Crippen LogP contribution >= 0.6 is 11.8 Å². The molecule has 0 radical (unpaired) electrons. The van der Waals surface area contributed by atoms with Crippen molar-refractivity contribution >= 4 is 23.9 Å². The third-order valence-electron chi connectivity index (χ3n) is 5.19. The van der Waals surface area contributed by atoms with Crippen LogP contribution in [-0.2, 0) is 11.2 Å². The average molecular weight is 486 g/mol. The molecule has 0 spiro atoms. The van der Waals surface area contributed by atoms with Crippen molar-refractivity contribution in [1.82, 2.24) is 20.2 Å². The van der Waals surface area contributed by atoms with Crippen LogP contribution < -0.4 is 10.2 Å². The molecule has 1 aromatic heterocycles. The minimum Gasteiger partial charge on any atom is -0.494 e. The smallest absolute Gasteiger partial charge is 0.250 e. The predicted molar refractivity (Wildman–Crippen MR) is 140 cm³/mol. The van der Waals surface area contributed by atoms with Crippen molar-refractivity contribution in [3.05, 3.63) is 90.0 Å². The Morgan fingerprint density at radius 1 is 1.00 bits per heavy atom. The van der Waals surface area contributed by atoms with E-state index in [9.17, 15) is 4.79 Å². The first kappa shape index (κ1) is 24.2. The number of rotatable bonds is 10. The Labute approximate surface area is 209 Å². The maximum absolute atomic E-state index is 12.4. The summed E-state index contributed by atoms with van der Waals surface area (Å²) in [6.07, 6.45) is 2.62. The first-order valence-corrected chi connectivity index (χ1v) is 12.4. The van der Waals surface area contributed by atoms with Gasteiger partial charge >= 0.3 is 0 Å². The molecular formula is C27H27N5O2S. The molecule has 0 unspecified atom stereocenters. The molecule has 8 heteroatoms. The van der Waals surface area contributed by atoms with Gasteiger partial charge in [-0.05, 0) is 48.7 Å². The van der Waals surface area contributed by atoms with Crippen LogP contribution in [0.5, 0.6) is 5.75 Å². The predicted octanol–water partition coefficient (Wildman–Crippen LogP) is 5.14. The summed E-state index contributed by atoms with van der Waals surface area (Å²) in [4.78, 5) is 12.4. The second kappa shape index (κ2) is 12.0. The van der Waals surface area contributed by atoms with E-state index in [0.29, 0.717) is 17.6 Å². The Kier molecular flexibility index (Phi) is 8.30. The lowest BCUT2D eigenvalue weighted by Gasteiger charge is -2.11. The summed E-state index contributed by atoms with van der Waals surface area (Å²) in [5.41, 5.74) is 6.59. The summed E-state index contributed by atoms with van der Waals surface area (Å²) in [5, 5.41) is 13.5. The molecule has 0 atom stereocenters. The summed E-state index contributed by atoms with van der Waals surface area (Å²) in [6.45, 7) is 4.66. The van der Waals surface area contributed by atoms with Gasteiger partial charge in [-0.3, -0.25) is 9.36 Å². The van der Waals surface area contributed by atoms with Crippen molar-refractivity contribution in [3.8, 4) is 22.8 Å². The highest BCUT2D eigenvalue weighted by molar-refractivity contribution is 7.99. The number of nitrogens with zero attached hydrogens (tertiary/aromatic N) is 4. The fourth-order valence-electron chi connectivity index (χ4n) is 3.41. The van der Waals surface area contributed by atoms with Crippen LogP contribution in [0.1, 0.15) is 25.0 Å². The highest BCUT2D eigenvalue weighted by Gasteiger charge is 2.17. The zero-order chi connectivity index (χ0) is 24.5. The maximum Gasteiger partial charge on any atom is 0.250 e. The number of benzene rings is 3. The van der Waals surface area contributed by atoms with Gasteiger partial charge in [0.2, 0.25) is 0 Å². The molecule has 35 heavy (non-hydrogen) atoms. The molecule has 0 fully saturated rings. The second-order valence-corrected chi connectivity index (χ2v) is 8.55. The Morgan fingerprint density at radius 3 is 2.43 bits per heavy atom. The van der Waals surface area contributed by atoms with E-state index in [1.54, 1.807) is 6.21 Å². The number of ether oxygens (including phenoxy) is 1. The van der Waals surface area contributed by atoms with Gasteiger partial charge in [0.15, 0.2) is 11.0 Å². The van der Waals surface area contributed by atoms with E-state index in [0.717, 1.165) is 29.0 Å². The van der Waals surface area contributed by atoms with Crippen molar-refractivity contribution in [2.75, 3.05) is 12.4 Å². The summed E-state index contributed by atoms with van der Waals surface area (Å²) in [7, 11) is 0. The topological polar surface area (TPSA) is 81.4 Å². The Bertz CT molecular complexity index is 1270. The van der Waals surface area contributed by atoms with Crippen molar-refractivity contribution in [3.63, 3.8) is 0 Å². The van der Waals surface area contributed by atoms with E-state index in [1.165, 1.54) is 17.3 Å². The van der Waals surface area contributed by atoms with Crippen molar-refractivity contribution in [1.29, 1.82) is 0 Å². The average Bonchev–Trinajstić information content (AvgIpc) is 3.33. The molecule has 0 bridgehead atoms. The number of carbonyl (C=O) groups excluding carboxylic acids is 1. The van der Waals surface area contributed by atoms with Crippen LogP contribution in [0.25, 0.3) is 17.1 Å². The largest absolute Gasteiger partial charge is 0.494 e. The summed E-state index contributed by atoms with van der Waals surface area (Å²) < 4.78 is 7.52. The van der Waals surface area contributed by atoms with Gasteiger partial charge in [0.05, 0.1) is 18.6 Å². The molecule has 7 nitrogen and oxygen atoms in total. The SMILES string of the molecule is CCOc1ccc(-n2c(SCC(=O)N/N=C\c3ccc(CC)cc3)nnc2-c2ccccc2)cc1. The van der Waals surface area contributed by atoms with Gasteiger partial charge in [-0.25, -0.2) is 5.43 Å². The van der Waals surface area contributed by atoms with E-state index < -0.39 is 0 Å². The number of thioether (sulfide) groups is 1. The quantitative estimate of drug-likeness (QED) is 0.191. The third-order valence-corrected chi connectivity index (χ3v) is 6.12. The molecule has 4 aromatic rings. The zero-order valence-electron chi connectivity index (χ0n) is 19.7. The van der Waals surface area contributed by atoms with E-state index in [1.807, 2.05) is 78.2 Å². The van der Waals surface area contributed by atoms with Crippen LogP contribution in [0.4, 0.5) is 0 Å². The Hall–Kier alpha value is -3.91. The number of carbonyl (C=O) groups is 1. The summed E-state index contributed by atoms with van der Waals surface area (Å²) >= 11 is 1.30. The number of nitrogens with one attached hydrogen (secondary N) is 1. The fraction of sp³-hybridized carbons (Fsp3) is 0.185. The lowest BCUT2D eigenvalue weighted by Crippen LogP contribution is -2.20. The zero-order valence-corrected chi connectivity index (χ0v) is 20.5. The summed E-state index contributed by atoms with van der Waals surface area (Å²) in [5.74, 6) is 1.42. The molecule has 1 N–H and O–H groups in total. The number of aryl methyl sites for hydroxylation is 1. The van der Waals surface area contributed by atoms with Gasteiger partial charge in [-0.15, -0.1) is 10.2 Å². The van der Waals surface area contributed by atoms with Crippen molar-refractivity contribution in [2.45, 2.75) is 25.4 Å². The van der Waals surface area contributed by atoms with Crippen molar-refractivity contribution < 1.29 is 9.53 Å². The van der Waals surface area contributed by atoms with Crippen LogP contribution in [0.3, 0.4) is 0 Å². The van der Waals surface area contributed by atoms with Crippen LogP contribution in [0, 0.1) is 0 Å². The fourth-order valence-corrected chi connectivity index (χ4v) is 4.15. The molecule has 1 amide bonds. The molecule has 178 valence electrons. The van der Waals surface area contributed by atoms with Gasteiger partial charge in [0.1, 0.15) is 5.75 Å². The highest BCUT2D eigenvalue weighted by Crippen LogP contribution is 2.28. The molecule has 0 aliphatic heterocycles. The first-order chi connectivity index (χ1) is 17.2. The molecule has 4 rings (SSSR count). The van der Waals surface area contributed by atoms with Gasteiger partial charge < -0.3 is 4.74 Å². The lowest BCUT2D eigenvalue weighted by molar-refractivity contribution is -0.118. The van der Waals surface area contributed by atoms with Crippen LogP contribution in [0.2, 0.25) is 0 Å². The van der Waals surface area contributed by atoms with E-state index in [2.05, 4.69) is 39.8 Å². The van der Waals surface area contributed by atoms with E-state index in [-0.39, 0.29) is 11.7 Å². The third kappa shape index (κ3) is 6.36. The molecule has 0 saturated carbocycles. The summed E-state index contributed by atoms with van der Waals surface area (Å²) in [6, 6.07) is 25.7. The number of hydrogen-bond donors (Lipinski definition) is 1. The second-order valence-electron chi connectivity index (χ2n) is 7.61. The molecule has 0 aliphatic rings. The van der Waals surface area contributed by atoms with E-state index in [4.69, 9.17) is 4.74 Å². The number of hydrogen-bond acceptors (Lipinski definition) is 6. The van der Waals surface area contributed by atoms with Gasteiger partial charge in [0, 0.05) is 11.3 Å². The molecule has 1 heterocycles. The molecule has 0 saturated heterocycles. The maximum atomic E-state index is 12.4. The number of amides is 1. The lowest BCUT2D eigenvalue weighted by atomic mass is 10.1. The monoisotopic (exact) mass is 485 g/mol. The van der Waals surface area contributed by atoms with Gasteiger partial charge in [-0.1, -0.05) is 73.3 Å². The molecule has 3 aromatic carbocycles. The van der Waals surface area contributed by atoms with Crippen LogP contribution in [-0.4, -0.2) is 39.2 Å². The standard InChI is InChI=1S/C27H27N5O2S/c1-3-20-10-12-21(13-11-20)18-28-29-25(33)19-35-27-31-30-26(22-8-6-5-7-9-22)32(27)23-14-16-24(17-15-23)34-4-2/h5-18H,3-4,19H2,1-2H3,(H,29,33)/b28-18-. The Morgan fingerprint density at radius 2 is 1.74 bits per heavy atom. The Balaban J connectivity index is 1.48. The number of aromatic nitrogens is 3. The highest BCUT2D eigenvalue weighted by atomic mass is 32.2. The number of hydrazone groups is 1. The van der Waals surface area contributed by atoms with E-state index >= 15 is 0 Å². The molecular weight excluding hydrogens is 458 g/mol. The van der Waals surface area contributed by atoms with Crippen molar-refractivity contribution in [2.24, 2.45) is 5.10 Å². The van der Waals surface area contributed by atoms with Crippen LogP contribution in [0.15, 0.2) is 89.1 Å². The normalized spacial score (nSPS) is 11.0. The molecule has 0 aliphatic carbocycles. The van der Waals surface area contributed by atoms with Gasteiger partial charge in [-0.2, -0.15) is 5.10 Å².